The smallest absolute Gasteiger partial charge is 0.418 e. The predicted molar refractivity (Wildman–Crippen MR) is 230 cm³/mol. The number of carbonyl (C=O) groups excluding carboxylic acids is 5. The van der Waals surface area contributed by atoms with Gasteiger partial charge in [-0.1, -0.05) is 80.6 Å². The van der Waals surface area contributed by atoms with Crippen molar-refractivity contribution in [3.63, 3.8) is 0 Å². The average Bonchev–Trinajstić information content (AvgIpc) is 3.21. The molecule has 16 nitrogen and oxygen atoms in total. The van der Waals surface area contributed by atoms with Crippen molar-refractivity contribution in [2.24, 2.45) is 5.73 Å². The summed E-state index contributed by atoms with van der Waals surface area (Å²) in [5, 5.41) is 30.2. The van der Waals surface area contributed by atoms with Gasteiger partial charge in [-0.25, -0.2) is 14.5 Å². The first-order valence-corrected chi connectivity index (χ1v) is 19.9. The fourth-order valence-electron chi connectivity index (χ4n) is 7.50. The number of nitrogens with zero attached hydrogens (tertiary/aromatic N) is 2. The molecule has 4 aromatic carbocycles. The number of rotatable bonds is 16. The summed E-state index contributed by atoms with van der Waals surface area (Å²) in [5.41, 5.74) is 8.09. The molecule has 0 fully saturated rings. The summed E-state index contributed by atoms with van der Waals surface area (Å²) in [6, 6.07) is 21.1. The number of imide groups is 1. The number of non-ortho nitro benzene ring substituents is 1. The number of esters is 1. The average molecular weight is 841 g/mol. The molecule has 0 aliphatic rings. The van der Waals surface area contributed by atoms with E-state index in [1.165, 1.54) is 62.4 Å². The van der Waals surface area contributed by atoms with Crippen LogP contribution in [0, 0.1) is 10.1 Å². The predicted octanol–water partition coefficient (Wildman–Crippen LogP) is 5.16. The Bertz CT molecular complexity index is 2240. The molecule has 0 bridgehead atoms. The number of ether oxygens (including phenoxy) is 2. The van der Waals surface area contributed by atoms with Crippen LogP contribution in [0.1, 0.15) is 78.0 Å². The molecule has 0 heterocycles. The first kappa shape index (κ1) is 47.3. The third-order valence-corrected chi connectivity index (χ3v) is 10.8. The van der Waals surface area contributed by atoms with Gasteiger partial charge in [0.05, 0.1) is 36.6 Å². The lowest BCUT2D eigenvalue weighted by molar-refractivity contribution is -0.384. The van der Waals surface area contributed by atoms with Gasteiger partial charge in [0, 0.05) is 23.2 Å². The van der Waals surface area contributed by atoms with Gasteiger partial charge in [0.15, 0.2) is 5.54 Å². The highest BCUT2D eigenvalue weighted by Gasteiger charge is 2.64. The van der Waals surface area contributed by atoms with Crippen LogP contribution in [0.5, 0.6) is 0 Å². The highest BCUT2D eigenvalue weighted by Crippen LogP contribution is 2.52. The number of nitro benzene ring substituents is 1. The Labute approximate surface area is 355 Å². The molecule has 4 amide bonds. The van der Waals surface area contributed by atoms with E-state index < -0.39 is 81.9 Å². The maximum absolute atomic E-state index is 15.3. The molecule has 0 aliphatic heterocycles. The van der Waals surface area contributed by atoms with E-state index >= 15 is 9.59 Å². The zero-order valence-electron chi connectivity index (χ0n) is 35.8. The number of nitro groups is 1. The molecule has 4 aromatic rings. The van der Waals surface area contributed by atoms with E-state index in [2.05, 4.69) is 10.6 Å². The number of benzene rings is 4. The van der Waals surface area contributed by atoms with Crippen LogP contribution in [0.3, 0.4) is 0 Å². The van der Waals surface area contributed by atoms with Crippen molar-refractivity contribution >= 4 is 51.9 Å². The van der Waals surface area contributed by atoms with Crippen molar-refractivity contribution in [2.75, 3.05) is 12.8 Å². The van der Waals surface area contributed by atoms with Gasteiger partial charge in [0.25, 0.3) is 5.69 Å². The summed E-state index contributed by atoms with van der Waals surface area (Å²) in [6.45, 7) is 11.2. The number of aliphatic hydroxyl groups excluding tert-OH is 1. The Morgan fingerprint density at radius 2 is 1.48 bits per heavy atom. The van der Waals surface area contributed by atoms with Crippen molar-refractivity contribution in [3.8, 4) is 0 Å². The SMILES string of the molecule is CC[C@@](C)(c1cccc2ccccc12)[C@](C(=O)OC)(c1ccc(N)cc1)N(C(=O)CC(O)[C@H](Cc1ccc([N+](=O)[O-])cc1)NC(=O)C(C)NC(=O)C(C)N)C(=O)OC(C)(C)C. The Kier molecular flexibility index (Phi) is 15.0. The second kappa shape index (κ2) is 19.3. The Balaban J connectivity index is 1.98. The van der Waals surface area contributed by atoms with E-state index in [9.17, 15) is 29.6 Å². The molecule has 0 radical (unpaired) electrons. The normalized spacial score (nSPS) is 15.4. The van der Waals surface area contributed by atoms with Crippen LogP contribution in [0.4, 0.5) is 16.2 Å². The van der Waals surface area contributed by atoms with Gasteiger partial charge in [-0.2, -0.15) is 0 Å². The van der Waals surface area contributed by atoms with E-state index in [1.54, 1.807) is 27.7 Å². The number of nitrogen functional groups attached to an aromatic ring is 1. The molecule has 326 valence electrons. The van der Waals surface area contributed by atoms with E-state index in [0.29, 0.717) is 21.7 Å². The number of hydrogen-bond donors (Lipinski definition) is 5. The van der Waals surface area contributed by atoms with Crippen LogP contribution in [-0.4, -0.2) is 81.7 Å². The van der Waals surface area contributed by atoms with Crippen LogP contribution >= 0.6 is 0 Å². The Morgan fingerprint density at radius 1 is 0.869 bits per heavy atom. The fourth-order valence-corrected chi connectivity index (χ4v) is 7.50. The molecule has 7 N–H and O–H groups in total. The van der Waals surface area contributed by atoms with Crippen LogP contribution < -0.4 is 22.1 Å². The number of hydrogen-bond acceptors (Lipinski definition) is 12. The summed E-state index contributed by atoms with van der Waals surface area (Å²) in [7, 11) is 1.14. The summed E-state index contributed by atoms with van der Waals surface area (Å²) >= 11 is 0. The molecule has 0 saturated carbocycles. The van der Waals surface area contributed by atoms with E-state index in [1.807, 2.05) is 49.4 Å². The van der Waals surface area contributed by atoms with Crippen molar-refractivity contribution < 1.29 is 43.5 Å². The Morgan fingerprint density at radius 3 is 2.03 bits per heavy atom. The molecule has 0 aliphatic carbocycles. The quantitative estimate of drug-likeness (QED) is 0.0425. The maximum Gasteiger partial charge on any atom is 0.418 e. The maximum atomic E-state index is 15.3. The van der Waals surface area contributed by atoms with Crippen LogP contribution in [-0.2, 0) is 46.0 Å². The van der Waals surface area contributed by atoms with Crippen molar-refractivity contribution in [1.29, 1.82) is 0 Å². The number of nitrogens with one attached hydrogen (secondary N) is 2. The van der Waals surface area contributed by atoms with Gasteiger partial charge >= 0.3 is 12.1 Å². The van der Waals surface area contributed by atoms with Gasteiger partial charge in [-0.05, 0) is 87.1 Å². The molecular formula is C45H56N6O10. The number of methoxy groups -OCH3 is 1. The third-order valence-electron chi connectivity index (χ3n) is 10.8. The number of anilines is 1. The number of amides is 4. The van der Waals surface area contributed by atoms with E-state index in [4.69, 9.17) is 20.9 Å². The van der Waals surface area contributed by atoms with Gasteiger partial charge in [-0.3, -0.25) is 24.5 Å². The van der Waals surface area contributed by atoms with E-state index in [-0.39, 0.29) is 24.1 Å². The third kappa shape index (κ3) is 10.3. The number of nitrogens with two attached hydrogens (primary N) is 2. The lowest BCUT2D eigenvalue weighted by Gasteiger charge is -2.52. The summed E-state index contributed by atoms with van der Waals surface area (Å²) in [6.07, 6.45) is -3.91. The summed E-state index contributed by atoms with van der Waals surface area (Å²) < 4.78 is 11.5. The monoisotopic (exact) mass is 840 g/mol. The van der Waals surface area contributed by atoms with Crippen LogP contribution in [0.25, 0.3) is 10.8 Å². The second-order valence-electron chi connectivity index (χ2n) is 16.3. The molecule has 3 unspecified atom stereocenters. The highest BCUT2D eigenvalue weighted by atomic mass is 16.6. The highest BCUT2D eigenvalue weighted by molar-refractivity contribution is 6.02. The zero-order valence-corrected chi connectivity index (χ0v) is 35.8. The topological polar surface area (TPSA) is 247 Å². The Hall–Kier alpha value is -6.39. The number of fused-ring (bicyclic) bond motifs is 1. The molecular weight excluding hydrogens is 785 g/mol. The first-order valence-electron chi connectivity index (χ1n) is 19.9. The van der Waals surface area contributed by atoms with Crippen molar-refractivity contribution in [3.05, 3.63) is 118 Å². The largest absolute Gasteiger partial charge is 0.467 e. The van der Waals surface area contributed by atoms with Gasteiger partial charge < -0.3 is 36.7 Å². The number of carbonyl (C=O) groups is 5. The van der Waals surface area contributed by atoms with Crippen molar-refractivity contribution in [2.45, 2.75) is 109 Å². The minimum atomic E-state index is -2.34. The minimum Gasteiger partial charge on any atom is -0.467 e. The van der Waals surface area contributed by atoms with Crippen molar-refractivity contribution in [1.82, 2.24) is 15.5 Å². The molecule has 61 heavy (non-hydrogen) atoms. The summed E-state index contributed by atoms with van der Waals surface area (Å²) in [4.78, 5) is 82.8. The van der Waals surface area contributed by atoms with Gasteiger partial charge in [-0.15, -0.1) is 0 Å². The van der Waals surface area contributed by atoms with Gasteiger partial charge in [0.1, 0.15) is 11.6 Å². The molecule has 16 heteroatoms. The molecule has 6 atom stereocenters. The fraction of sp³-hybridized carbons (Fsp3) is 0.400. The standard InChI is InChI=1S/C45H56N6O10/c1-9-44(7,35-16-12-14-30-13-10-11-15-34(30)35)45(41(56)60-8,31-19-21-32(47)22-20-31)50(42(57)61-43(4,5)6)38(53)26-37(52)36(25-29-17-23-33(24-18-29)51(58)59)49-40(55)28(3)48-39(54)27(2)46/h10-24,27-28,36-37,52H,9,25-26,46-47H2,1-8H3,(H,48,54)(H,49,55)/t27?,28?,36-,37?,44-,45+/m0/s1. The summed E-state index contributed by atoms with van der Waals surface area (Å²) in [5.74, 6) is -3.45. The second-order valence-corrected chi connectivity index (χ2v) is 16.3. The van der Waals surface area contributed by atoms with Crippen LogP contribution in [0.2, 0.25) is 0 Å². The van der Waals surface area contributed by atoms with Crippen LogP contribution in [0.15, 0.2) is 91.0 Å². The molecule has 4 rings (SSSR count). The van der Waals surface area contributed by atoms with E-state index in [0.717, 1.165) is 17.9 Å². The lowest BCUT2D eigenvalue weighted by atomic mass is 9.60. The minimum absolute atomic E-state index is 0.138. The molecule has 0 spiro atoms. The first-order chi connectivity index (χ1) is 28.6. The van der Waals surface area contributed by atoms with Gasteiger partial charge in [0.2, 0.25) is 17.7 Å². The lowest BCUT2D eigenvalue weighted by Crippen LogP contribution is -2.67. The number of aliphatic hydroxyl groups is 1. The molecule has 0 saturated heterocycles. The zero-order chi connectivity index (χ0) is 45.4. The molecule has 0 aromatic heterocycles.